The van der Waals surface area contributed by atoms with Gasteiger partial charge >= 0.3 is 0 Å². The molecular formula is C19H26N2O3. The molecule has 0 spiro atoms. The van der Waals surface area contributed by atoms with Gasteiger partial charge in [-0.15, -0.1) is 0 Å². The zero-order chi connectivity index (χ0) is 16.8. The van der Waals surface area contributed by atoms with Crippen LogP contribution in [0.5, 0.6) is 5.75 Å². The molecule has 5 heteroatoms. The molecule has 2 fully saturated rings. The first-order valence-corrected chi connectivity index (χ1v) is 8.99. The number of benzene rings is 1. The van der Waals surface area contributed by atoms with Crippen LogP contribution in [0, 0.1) is 5.92 Å². The maximum absolute atomic E-state index is 12.3. The van der Waals surface area contributed by atoms with Gasteiger partial charge in [0, 0.05) is 19.0 Å². The summed E-state index contributed by atoms with van der Waals surface area (Å²) in [4.78, 5) is 26.5. The van der Waals surface area contributed by atoms with Crippen molar-refractivity contribution in [3.63, 3.8) is 0 Å². The molecule has 0 aromatic heterocycles. The maximum atomic E-state index is 12.3. The summed E-state index contributed by atoms with van der Waals surface area (Å²) in [6.45, 7) is 1.47. The lowest BCUT2D eigenvalue weighted by atomic mass is 9.94. The molecule has 2 aliphatic rings. The van der Waals surface area contributed by atoms with Crippen LogP contribution in [0.4, 0.5) is 0 Å². The number of carbonyl (C=O) groups excluding carboxylic acids is 2. The van der Waals surface area contributed by atoms with E-state index in [4.69, 9.17) is 4.74 Å². The Labute approximate surface area is 143 Å². The summed E-state index contributed by atoms with van der Waals surface area (Å²) >= 11 is 0. The fourth-order valence-corrected chi connectivity index (χ4v) is 3.66. The Morgan fingerprint density at radius 2 is 1.92 bits per heavy atom. The third-order valence-electron chi connectivity index (χ3n) is 4.96. The molecule has 3 rings (SSSR count). The Bertz CT molecular complexity index is 555. The minimum atomic E-state index is -0.212. The molecule has 1 atom stereocenters. The summed E-state index contributed by atoms with van der Waals surface area (Å²) < 4.78 is 5.56. The highest BCUT2D eigenvalue weighted by Crippen LogP contribution is 2.28. The van der Waals surface area contributed by atoms with Gasteiger partial charge in [-0.2, -0.15) is 0 Å². The van der Waals surface area contributed by atoms with Crippen LogP contribution in [0.15, 0.2) is 30.3 Å². The second-order valence-corrected chi connectivity index (χ2v) is 6.69. The number of carbonyl (C=O) groups is 2. The number of hydrogen-bond acceptors (Lipinski definition) is 3. The Morgan fingerprint density at radius 1 is 1.17 bits per heavy atom. The van der Waals surface area contributed by atoms with Crippen molar-refractivity contribution < 1.29 is 14.3 Å². The van der Waals surface area contributed by atoms with Crippen molar-refractivity contribution in [2.75, 3.05) is 19.7 Å². The number of nitrogens with one attached hydrogen (secondary N) is 1. The molecule has 5 nitrogen and oxygen atoms in total. The molecule has 24 heavy (non-hydrogen) atoms. The summed E-state index contributed by atoms with van der Waals surface area (Å²) in [5.74, 6) is 0.698. The van der Waals surface area contributed by atoms with Crippen LogP contribution in [0.1, 0.15) is 38.5 Å². The van der Waals surface area contributed by atoms with Gasteiger partial charge in [0.2, 0.25) is 11.8 Å². The molecular weight excluding hydrogens is 304 g/mol. The number of likely N-dealkylation sites (tertiary alicyclic amines) is 1. The summed E-state index contributed by atoms with van der Waals surface area (Å²) in [5, 5.41) is 2.90. The van der Waals surface area contributed by atoms with Crippen molar-refractivity contribution in [3.8, 4) is 5.75 Å². The molecule has 0 radical (unpaired) electrons. The number of hydrogen-bond donors (Lipinski definition) is 1. The Kier molecular flexibility index (Phi) is 5.72. The van der Waals surface area contributed by atoms with Gasteiger partial charge in [0.1, 0.15) is 12.4 Å². The first-order chi connectivity index (χ1) is 11.7. The van der Waals surface area contributed by atoms with Gasteiger partial charge in [-0.3, -0.25) is 9.59 Å². The summed E-state index contributed by atoms with van der Waals surface area (Å²) in [6, 6.07) is 9.89. The zero-order valence-corrected chi connectivity index (χ0v) is 14.1. The van der Waals surface area contributed by atoms with Gasteiger partial charge in [-0.05, 0) is 25.0 Å². The van der Waals surface area contributed by atoms with Crippen molar-refractivity contribution in [1.29, 1.82) is 0 Å². The fourth-order valence-electron chi connectivity index (χ4n) is 3.66. The van der Waals surface area contributed by atoms with Crippen molar-refractivity contribution in [2.45, 2.75) is 44.6 Å². The van der Waals surface area contributed by atoms with Crippen molar-refractivity contribution in [3.05, 3.63) is 30.3 Å². The van der Waals surface area contributed by atoms with Crippen LogP contribution in [0.2, 0.25) is 0 Å². The normalized spacial score (nSPS) is 21.8. The van der Waals surface area contributed by atoms with E-state index >= 15 is 0 Å². The predicted molar refractivity (Wildman–Crippen MR) is 91.6 cm³/mol. The molecule has 0 bridgehead atoms. The van der Waals surface area contributed by atoms with E-state index in [1.165, 1.54) is 19.3 Å². The van der Waals surface area contributed by atoms with Gasteiger partial charge in [-0.25, -0.2) is 0 Å². The molecule has 1 aromatic carbocycles. The third kappa shape index (κ3) is 4.28. The molecule has 1 aromatic rings. The van der Waals surface area contributed by atoms with Gasteiger partial charge in [-0.1, -0.05) is 37.5 Å². The fraction of sp³-hybridized carbons (Fsp3) is 0.579. The second kappa shape index (κ2) is 8.18. The molecule has 1 heterocycles. The second-order valence-electron chi connectivity index (χ2n) is 6.69. The molecule has 1 aliphatic carbocycles. The van der Waals surface area contributed by atoms with Crippen molar-refractivity contribution >= 4 is 11.8 Å². The number of amides is 2. The Morgan fingerprint density at radius 3 is 2.67 bits per heavy atom. The standard InChI is InChI=1S/C19H26N2O3/c22-18-13-15(14-21(18)16-7-3-1-4-8-16)19(23)20-11-12-24-17-9-5-2-6-10-17/h2,5-6,9-10,15-16H,1,3-4,7-8,11-14H2,(H,20,23)/t15-/m0/s1. The van der Waals surface area contributed by atoms with Crippen LogP contribution in [0.3, 0.4) is 0 Å². The van der Waals surface area contributed by atoms with Crippen molar-refractivity contribution in [2.24, 2.45) is 5.92 Å². The Balaban J connectivity index is 1.40. The smallest absolute Gasteiger partial charge is 0.225 e. The van der Waals surface area contributed by atoms with Crippen LogP contribution in [-0.4, -0.2) is 42.5 Å². The van der Waals surface area contributed by atoms with Crippen LogP contribution in [-0.2, 0) is 9.59 Å². The average molecular weight is 330 g/mol. The molecule has 1 aliphatic heterocycles. The third-order valence-corrected chi connectivity index (χ3v) is 4.96. The average Bonchev–Trinajstić information content (AvgIpc) is 3.02. The number of rotatable bonds is 6. The maximum Gasteiger partial charge on any atom is 0.225 e. The van der Waals surface area contributed by atoms with E-state index in [2.05, 4.69) is 5.32 Å². The SMILES string of the molecule is O=C(NCCOc1ccccc1)[C@H]1CC(=O)N(C2CCCCC2)C1. The first-order valence-electron chi connectivity index (χ1n) is 8.99. The van der Waals surface area contributed by atoms with Crippen LogP contribution < -0.4 is 10.1 Å². The lowest BCUT2D eigenvalue weighted by Crippen LogP contribution is -2.39. The molecule has 130 valence electrons. The Hall–Kier alpha value is -2.04. The molecule has 1 N–H and O–H groups in total. The summed E-state index contributed by atoms with van der Waals surface area (Å²) in [7, 11) is 0. The highest BCUT2D eigenvalue weighted by Gasteiger charge is 2.37. The topological polar surface area (TPSA) is 58.6 Å². The molecule has 1 saturated heterocycles. The minimum Gasteiger partial charge on any atom is -0.492 e. The van der Waals surface area contributed by atoms with E-state index in [-0.39, 0.29) is 17.7 Å². The van der Waals surface area contributed by atoms with Gasteiger partial charge in [0.05, 0.1) is 12.5 Å². The van der Waals surface area contributed by atoms with Gasteiger partial charge in [0.15, 0.2) is 0 Å². The molecule has 0 unspecified atom stereocenters. The van der Waals surface area contributed by atoms with E-state index in [0.717, 1.165) is 18.6 Å². The molecule has 1 saturated carbocycles. The van der Waals surface area contributed by atoms with Crippen molar-refractivity contribution in [1.82, 2.24) is 10.2 Å². The van der Waals surface area contributed by atoms with Crippen LogP contribution in [0.25, 0.3) is 0 Å². The van der Waals surface area contributed by atoms with E-state index in [1.807, 2.05) is 35.2 Å². The summed E-state index contributed by atoms with van der Waals surface area (Å²) in [6.07, 6.45) is 6.19. The zero-order valence-electron chi connectivity index (χ0n) is 14.1. The highest BCUT2D eigenvalue weighted by molar-refractivity contribution is 5.89. The number of para-hydroxylation sites is 1. The number of nitrogens with zero attached hydrogens (tertiary/aromatic N) is 1. The van der Waals surface area contributed by atoms with Crippen LogP contribution >= 0.6 is 0 Å². The minimum absolute atomic E-state index is 0.0293. The van der Waals surface area contributed by atoms with E-state index < -0.39 is 0 Å². The first kappa shape index (κ1) is 16.8. The largest absolute Gasteiger partial charge is 0.492 e. The van der Waals surface area contributed by atoms with E-state index in [9.17, 15) is 9.59 Å². The lowest BCUT2D eigenvalue weighted by Gasteiger charge is -2.31. The monoisotopic (exact) mass is 330 g/mol. The van der Waals surface area contributed by atoms with E-state index in [0.29, 0.717) is 32.2 Å². The molecule has 2 amide bonds. The number of ether oxygens (including phenoxy) is 1. The lowest BCUT2D eigenvalue weighted by molar-refractivity contribution is -0.130. The predicted octanol–water partition coefficient (Wildman–Crippen LogP) is 2.36. The quantitative estimate of drug-likeness (QED) is 0.815. The van der Waals surface area contributed by atoms with E-state index in [1.54, 1.807) is 0 Å². The van der Waals surface area contributed by atoms with Gasteiger partial charge in [0.25, 0.3) is 0 Å². The highest BCUT2D eigenvalue weighted by atomic mass is 16.5. The van der Waals surface area contributed by atoms with Gasteiger partial charge < -0.3 is 15.0 Å². The summed E-state index contributed by atoms with van der Waals surface area (Å²) in [5.41, 5.74) is 0.